The van der Waals surface area contributed by atoms with E-state index in [1.807, 2.05) is 62.4 Å². The predicted octanol–water partition coefficient (Wildman–Crippen LogP) is 3.43. The Labute approximate surface area is 152 Å². The van der Waals surface area contributed by atoms with Gasteiger partial charge in [-0.15, -0.1) is 0 Å². The summed E-state index contributed by atoms with van der Waals surface area (Å²) in [6.07, 6.45) is 3.26. The Morgan fingerprint density at radius 3 is 2.12 bits per heavy atom. The third kappa shape index (κ3) is 3.72. The van der Waals surface area contributed by atoms with Gasteiger partial charge in [0.25, 0.3) is 5.91 Å². The molecule has 1 aliphatic heterocycles. The summed E-state index contributed by atoms with van der Waals surface area (Å²) in [5.41, 5.74) is 9.49. The molecule has 3 rings (SSSR count). The first-order valence-electron chi connectivity index (χ1n) is 8.45. The molecule has 1 unspecified atom stereocenters. The van der Waals surface area contributed by atoms with E-state index in [2.05, 4.69) is 4.99 Å². The monoisotopic (exact) mass is 347 g/mol. The summed E-state index contributed by atoms with van der Waals surface area (Å²) in [5, 5.41) is 0. The highest BCUT2D eigenvalue weighted by Crippen LogP contribution is 2.30. The molecule has 2 amide bonds. The topological polar surface area (TPSA) is 75.8 Å². The Kier molecular flexibility index (Phi) is 4.98. The number of anilines is 2. The summed E-state index contributed by atoms with van der Waals surface area (Å²) < 4.78 is 0. The maximum Gasteiger partial charge on any atom is 0.260 e. The Morgan fingerprint density at radius 2 is 1.62 bits per heavy atom. The lowest BCUT2D eigenvalue weighted by Crippen LogP contribution is -2.32. The minimum atomic E-state index is -0.559. The number of aryl methyl sites for hydroxylation is 2. The molecule has 1 atom stereocenters. The molecule has 5 heteroatoms. The van der Waals surface area contributed by atoms with Gasteiger partial charge in [0, 0.05) is 29.4 Å². The molecule has 0 saturated carbocycles. The quantitative estimate of drug-likeness (QED) is 0.920. The van der Waals surface area contributed by atoms with Crippen molar-refractivity contribution in [3.63, 3.8) is 0 Å². The van der Waals surface area contributed by atoms with Crippen molar-refractivity contribution in [2.45, 2.75) is 20.3 Å². The molecule has 0 fully saturated rings. The average molecular weight is 347 g/mol. The van der Waals surface area contributed by atoms with Gasteiger partial charge in [-0.05, 0) is 55.7 Å². The van der Waals surface area contributed by atoms with Crippen molar-refractivity contribution < 1.29 is 9.59 Å². The van der Waals surface area contributed by atoms with Gasteiger partial charge >= 0.3 is 0 Å². The second kappa shape index (κ2) is 7.35. The highest BCUT2D eigenvalue weighted by molar-refractivity contribution is 6.11. The second-order valence-corrected chi connectivity index (χ2v) is 6.48. The molecule has 0 aromatic heterocycles. The molecule has 132 valence electrons. The van der Waals surface area contributed by atoms with Crippen LogP contribution in [0.15, 0.2) is 65.3 Å². The molecule has 26 heavy (non-hydrogen) atoms. The number of amides is 2. The van der Waals surface area contributed by atoms with E-state index in [4.69, 9.17) is 5.73 Å². The van der Waals surface area contributed by atoms with Gasteiger partial charge in [0.05, 0.1) is 5.92 Å². The minimum Gasteiger partial charge on any atom is -0.369 e. The number of carbonyl (C=O) groups excluding carboxylic acids is 2. The molecule has 0 bridgehead atoms. The molecule has 0 spiro atoms. The van der Waals surface area contributed by atoms with Crippen molar-refractivity contribution in [3.05, 3.63) is 71.4 Å². The molecule has 2 N–H and O–H groups in total. The second-order valence-electron chi connectivity index (χ2n) is 6.48. The number of hydrogen-bond donors (Lipinski definition) is 1. The maximum absolute atomic E-state index is 13.3. The van der Waals surface area contributed by atoms with Gasteiger partial charge in [-0.2, -0.15) is 0 Å². The largest absolute Gasteiger partial charge is 0.369 e. The van der Waals surface area contributed by atoms with E-state index in [0.29, 0.717) is 5.57 Å². The van der Waals surface area contributed by atoms with Crippen molar-refractivity contribution in [3.8, 4) is 0 Å². The fourth-order valence-electron chi connectivity index (χ4n) is 2.96. The molecule has 1 aliphatic rings. The number of hydrogen-bond acceptors (Lipinski definition) is 3. The summed E-state index contributed by atoms with van der Waals surface area (Å²) in [7, 11) is 0. The number of benzene rings is 2. The number of rotatable bonds is 4. The van der Waals surface area contributed by atoms with Crippen LogP contribution in [-0.2, 0) is 9.59 Å². The van der Waals surface area contributed by atoms with Crippen LogP contribution in [0.3, 0.4) is 0 Å². The smallest absolute Gasteiger partial charge is 0.260 e. The first-order chi connectivity index (χ1) is 12.5. The molecular weight excluding hydrogens is 326 g/mol. The number of aliphatic imine (C=N–C) groups is 1. The van der Waals surface area contributed by atoms with Crippen molar-refractivity contribution in [1.82, 2.24) is 0 Å². The summed E-state index contributed by atoms with van der Waals surface area (Å²) in [6, 6.07) is 15.5. The SMILES string of the molecule is Cc1cccc(N(C(=O)C2=CN=CC(C(N)=O)C2)c2cccc(C)c2)c1. The number of primary amides is 1. The van der Waals surface area contributed by atoms with Crippen molar-refractivity contribution in [2.24, 2.45) is 16.6 Å². The van der Waals surface area contributed by atoms with Crippen LogP contribution in [0.4, 0.5) is 11.4 Å². The zero-order valence-corrected chi connectivity index (χ0v) is 14.8. The summed E-state index contributed by atoms with van der Waals surface area (Å²) in [4.78, 5) is 30.5. The van der Waals surface area contributed by atoms with E-state index < -0.39 is 11.8 Å². The fraction of sp³-hybridized carbons (Fsp3) is 0.190. The number of carbonyl (C=O) groups is 2. The molecule has 0 aliphatic carbocycles. The number of nitrogens with two attached hydrogens (primary N) is 1. The van der Waals surface area contributed by atoms with Crippen molar-refractivity contribution in [2.75, 3.05) is 4.90 Å². The van der Waals surface area contributed by atoms with Crippen LogP contribution in [0.25, 0.3) is 0 Å². The van der Waals surface area contributed by atoms with Crippen LogP contribution in [0.5, 0.6) is 0 Å². The third-order valence-corrected chi connectivity index (χ3v) is 4.30. The van der Waals surface area contributed by atoms with Gasteiger partial charge in [-0.1, -0.05) is 24.3 Å². The first-order valence-corrected chi connectivity index (χ1v) is 8.45. The average Bonchev–Trinajstić information content (AvgIpc) is 2.62. The molecule has 1 heterocycles. The summed E-state index contributed by atoms with van der Waals surface area (Å²) in [5.74, 6) is -1.25. The lowest BCUT2D eigenvalue weighted by Gasteiger charge is -2.26. The van der Waals surface area contributed by atoms with Gasteiger partial charge in [-0.3, -0.25) is 19.5 Å². The Balaban J connectivity index is 2.03. The highest BCUT2D eigenvalue weighted by Gasteiger charge is 2.27. The van der Waals surface area contributed by atoms with Gasteiger partial charge < -0.3 is 5.73 Å². The van der Waals surface area contributed by atoms with Crippen LogP contribution in [0, 0.1) is 19.8 Å². The van der Waals surface area contributed by atoms with E-state index in [0.717, 1.165) is 22.5 Å². The summed E-state index contributed by atoms with van der Waals surface area (Å²) in [6.45, 7) is 3.96. The lowest BCUT2D eigenvalue weighted by molar-refractivity contribution is -0.119. The molecule has 5 nitrogen and oxygen atoms in total. The zero-order valence-electron chi connectivity index (χ0n) is 14.8. The third-order valence-electron chi connectivity index (χ3n) is 4.30. The van der Waals surface area contributed by atoms with E-state index in [1.165, 1.54) is 12.4 Å². The Bertz CT molecular complexity index is 869. The highest BCUT2D eigenvalue weighted by atomic mass is 16.2. The Hall–Kier alpha value is -3.21. The van der Waals surface area contributed by atoms with E-state index in [-0.39, 0.29) is 12.3 Å². The van der Waals surface area contributed by atoms with Crippen LogP contribution in [0.2, 0.25) is 0 Å². The fourth-order valence-corrected chi connectivity index (χ4v) is 2.96. The Morgan fingerprint density at radius 1 is 1.04 bits per heavy atom. The maximum atomic E-state index is 13.3. The van der Waals surface area contributed by atoms with Gasteiger partial charge in [0.15, 0.2) is 0 Å². The molecule has 0 saturated heterocycles. The predicted molar refractivity (Wildman–Crippen MR) is 103 cm³/mol. The van der Waals surface area contributed by atoms with Crippen LogP contribution >= 0.6 is 0 Å². The normalized spacial score (nSPS) is 16.1. The zero-order chi connectivity index (χ0) is 18.7. The summed E-state index contributed by atoms with van der Waals surface area (Å²) >= 11 is 0. The van der Waals surface area contributed by atoms with Gasteiger partial charge in [0.1, 0.15) is 0 Å². The van der Waals surface area contributed by atoms with Gasteiger partial charge in [-0.25, -0.2) is 0 Å². The van der Waals surface area contributed by atoms with Crippen molar-refractivity contribution in [1.29, 1.82) is 0 Å². The minimum absolute atomic E-state index is 0.204. The van der Waals surface area contributed by atoms with Crippen molar-refractivity contribution >= 4 is 29.4 Å². The van der Waals surface area contributed by atoms with E-state index in [9.17, 15) is 9.59 Å². The standard InChI is InChI=1S/C21H21N3O2/c1-14-5-3-7-18(9-14)24(19-8-4-6-15(2)10-19)21(26)17-11-16(20(22)25)12-23-13-17/h3-10,12-13,16H,11H2,1-2H3,(H2,22,25). The molecule has 2 aromatic rings. The van der Waals surface area contributed by atoms with Gasteiger partial charge in [0.2, 0.25) is 5.91 Å². The van der Waals surface area contributed by atoms with Crippen LogP contribution in [-0.4, -0.2) is 18.0 Å². The number of nitrogens with zero attached hydrogens (tertiary/aromatic N) is 2. The molecule has 2 aromatic carbocycles. The lowest BCUT2D eigenvalue weighted by atomic mass is 9.97. The van der Waals surface area contributed by atoms with Crippen LogP contribution < -0.4 is 10.6 Å². The molecule has 0 radical (unpaired) electrons. The van der Waals surface area contributed by atoms with E-state index >= 15 is 0 Å². The first kappa shape index (κ1) is 17.6. The molecular formula is C21H21N3O2. The van der Waals surface area contributed by atoms with Crippen LogP contribution in [0.1, 0.15) is 17.5 Å². The van der Waals surface area contributed by atoms with E-state index in [1.54, 1.807) is 4.90 Å².